The number of hydrogen-bond donors (Lipinski definition) is 0. The number of nitrogens with zero attached hydrogens (tertiary/aromatic N) is 3. The predicted octanol–water partition coefficient (Wildman–Crippen LogP) is 4.37. The highest BCUT2D eigenvalue weighted by molar-refractivity contribution is 7.18. The number of rotatable bonds is 5. The molecule has 31 heavy (non-hydrogen) atoms. The first kappa shape index (κ1) is 21.1. The largest absolute Gasteiger partial charge is 0.461 e. The van der Waals surface area contributed by atoms with Crippen molar-refractivity contribution in [2.45, 2.75) is 96.2 Å². The lowest BCUT2D eigenvalue weighted by atomic mass is 9.97. The van der Waals surface area contributed by atoms with Crippen molar-refractivity contribution in [1.82, 2.24) is 14.5 Å². The molecule has 0 N–H and O–H groups in total. The second kappa shape index (κ2) is 9.02. The van der Waals surface area contributed by atoms with Crippen LogP contribution < -0.4 is 5.56 Å². The summed E-state index contributed by atoms with van der Waals surface area (Å²) in [7, 11) is 0. The van der Waals surface area contributed by atoms with Crippen LogP contribution in [0.4, 0.5) is 0 Å². The number of thiophene rings is 1. The zero-order chi connectivity index (χ0) is 21.4. The Hall–Kier alpha value is -1.73. The van der Waals surface area contributed by atoms with Gasteiger partial charge in [0.2, 0.25) is 0 Å². The summed E-state index contributed by atoms with van der Waals surface area (Å²) < 4.78 is 7.52. The molecule has 0 radical (unpaired) electrons. The summed E-state index contributed by atoms with van der Waals surface area (Å²) in [4.78, 5) is 36.4. The van der Waals surface area contributed by atoms with Gasteiger partial charge in [-0.2, -0.15) is 0 Å². The molecule has 1 unspecified atom stereocenters. The van der Waals surface area contributed by atoms with Gasteiger partial charge in [0.15, 0.2) is 0 Å². The fourth-order valence-electron chi connectivity index (χ4n) is 5.46. The molecule has 3 heterocycles. The highest BCUT2D eigenvalue weighted by atomic mass is 32.1. The molecule has 2 aromatic heterocycles. The highest BCUT2D eigenvalue weighted by Gasteiger charge is 2.29. The van der Waals surface area contributed by atoms with Gasteiger partial charge in [-0.25, -0.2) is 9.78 Å². The number of fused-ring (bicyclic) bond motifs is 3. The third kappa shape index (κ3) is 4.19. The lowest BCUT2D eigenvalue weighted by Crippen LogP contribution is -2.36. The first-order valence-electron chi connectivity index (χ1n) is 12.1. The Morgan fingerprint density at radius 1 is 1.10 bits per heavy atom. The van der Waals surface area contributed by atoms with Crippen LogP contribution >= 0.6 is 11.3 Å². The first-order valence-corrected chi connectivity index (χ1v) is 12.9. The van der Waals surface area contributed by atoms with Crippen molar-refractivity contribution in [2.24, 2.45) is 0 Å². The second-order valence-corrected chi connectivity index (χ2v) is 10.5. The molecule has 7 heteroatoms. The van der Waals surface area contributed by atoms with E-state index in [0.717, 1.165) is 68.3 Å². The molecule has 3 aliphatic rings. The van der Waals surface area contributed by atoms with E-state index in [1.54, 1.807) is 15.9 Å². The Labute approximate surface area is 187 Å². The zero-order valence-electron chi connectivity index (χ0n) is 18.5. The molecular formula is C24H33N3O3S. The van der Waals surface area contributed by atoms with Crippen LogP contribution in [0.25, 0.3) is 10.2 Å². The normalized spacial score (nSPS) is 21.3. The number of ether oxygens (including phenoxy) is 1. The zero-order valence-corrected chi connectivity index (χ0v) is 19.3. The van der Waals surface area contributed by atoms with Crippen molar-refractivity contribution in [3.63, 3.8) is 0 Å². The molecule has 2 fully saturated rings. The van der Waals surface area contributed by atoms with Gasteiger partial charge >= 0.3 is 5.97 Å². The number of esters is 1. The molecule has 1 saturated carbocycles. The lowest BCUT2D eigenvalue weighted by Gasteiger charge is -2.26. The fraction of sp³-hybridized carbons (Fsp3) is 0.708. The summed E-state index contributed by atoms with van der Waals surface area (Å²) in [6.07, 6.45) is 11.9. The number of carbonyl (C=O) groups excluding carboxylic acids is 1. The lowest BCUT2D eigenvalue weighted by molar-refractivity contribution is -0.154. The number of hydrogen-bond acceptors (Lipinski definition) is 6. The van der Waals surface area contributed by atoms with Crippen molar-refractivity contribution in [3.05, 3.63) is 26.6 Å². The average molecular weight is 444 g/mol. The summed E-state index contributed by atoms with van der Waals surface area (Å²) in [5.41, 5.74) is 1.13. The van der Waals surface area contributed by atoms with Crippen LogP contribution in [0.2, 0.25) is 0 Å². The number of aryl methyl sites for hydroxylation is 2. The molecule has 168 valence electrons. The van der Waals surface area contributed by atoms with Gasteiger partial charge in [0.1, 0.15) is 22.8 Å². The summed E-state index contributed by atoms with van der Waals surface area (Å²) in [6.45, 7) is 4.48. The van der Waals surface area contributed by atoms with E-state index in [2.05, 4.69) is 4.90 Å². The van der Waals surface area contributed by atoms with Gasteiger partial charge < -0.3 is 4.74 Å². The molecule has 1 aliphatic heterocycles. The van der Waals surface area contributed by atoms with Crippen LogP contribution in [0.5, 0.6) is 0 Å². The minimum absolute atomic E-state index is 0.00738. The summed E-state index contributed by atoms with van der Waals surface area (Å²) >= 11 is 1.68. The van der Waals surface area contributed by atoms with Crippen molar-refractivity contribution in [1.29, 1.82) is 0 Å². The monoisotopic (exact) mass is 443 g/mol. The SMILES string of the molecule is CC(C(=O)OC1CCCCC1)n1c(CN2CCCC2)nc2sc3c(c2c1=O)CCCC3. The Morgan fingerprint density at radius 2 is 1.84 bits per heavy atom. The maximum absolute atomic E-state index is 13.8. The van der Waals surface area contributed by atoms with E-state index in [0.29, 0.717) is 12.4 Å². The summed E-state index contributed by atoms with van der Waals surface area (Å²) in [5.74, 6) is 0.424. The maximum atomic E-state index is 13.8. The van der Waals surface area contributed by atoms with E-state index in [-0.39, 0.29) is 17.6 Å². The van der Waals surface area contributed by atoms with Crippen LogP contribution in [0.1, 0.15) is 87.0 Å². The quantitative estimate of drug-likeness (QED) is 0.642. The molecule has 1 atom stereocenters. The predicted molar refractivity (Wildman–Crippen MR) is 123 cm³/mol. The van der Waals surface area contributed by atoms with Gasteiger partial charge in [0.25, 0.3) is 5.56 Å². The van der Waals surface area contributed by atoms with Gasteiger partial charge in [-0.05, 0) is 89.8 Å². The van der Waals surface area contributed by atoms with Gasteiger partial charge in [-0.3, -0.25) is 14.3 Å². The van der Waals surface area contributed by atoms with E-state index in [9.17, 15) is 9.59 Å². The Balaban J connectivity index is 1.53. The maximum Gasteiger partial charge on any atom is 0.329 e. The molecular weight excluding hydrogens is 410 g/mol. The third-order valence-electron chi connectivity index (χ3n) is 7.22. The number of aromatic nitrogens is 2. The van der Waals surface area contributed by atoms with E-state index < -0.39 is 6.04 Å². The van der Waals surface area contributed by atoms with Crippen molar-refractivity contribution in [3.8, 4) is 0 Å². The van der Waals surface area contributed by atoms with Crippen LogP contribution in [0.3, 0.4) is 0 Å². The third-order valence-corrected chi connectivity index (χ3v) is 8.41. The number of carbonyl (C=O) groups is 1. The molecule has 0 bridgehead atoms. The second-order valence-electron chi connectivity index (χ2n) is 9.45. The molecule has 6 nitrogen and oxygen atoms in total. The van der Waals surface area contributed by atoms with Crippen LogP contribution in [-0.2, 0) is 28.9 Å². The van der Waals surface area contributed by atoms with Gasteiger partial charge in [0.05, 0.1) is 11.9 Å². The van der Waals surface area contributed by atoms with E-state index in [1.165, 1.54) is 36.1 Å². The molecule has 0 aromatic carbocycles. The molecule has 2 aliphatic carbocycles. The topological polar surface area (TPSA) is 64.4 Å². The smallest absolute Gasteiger partial charge is 0.329 e. The first-order chi connectivity index (χ1) is 15.1. The summed E-state index contributed by atoms with van der Waals surface area (Å²) in [5, 5.41) is 0.752. The molecule has 1 saturated heterocycles. The van der Waals surface area contributed by atoms with E-state index >= 15 is 0 Å². The van der Waals surface area contributed by atoms with Crippen LogP contribution in [0.15, 0.2) is 4.79 Å². The molecule has 0 spiro atoms. The van der Waals surface area contributed by atoms with Crippen LogP contribution in [-0.4, -0.2) is 39.6 Å². The molecule has 0 amide bonds. The highest BCUT2D eigenvalue weighted by Crippen LogP contribution is 2.34. The van der Waals surface area contributed by atoms with E-state index in [4.69, 9.17) is 9.72 Å². The van der Waals surface area contributed by atoms with E-state index in [1.807, 2.05) is 6.92 Å². The van der Waals surface area contributed by atoms with Crippen molar-refractivity contribution >= 4 is 27.5 Å². The van der Waals surface area contributed by atoms with Crippen molar-refractivity contribution < 1.29 is 9.53 Å². The van der Waals surface area contributed by atoms with Gasteiger partial charge in [-0.1, -0.05) is 6.42 Å². The minimum Gasteiger partial charge on any atom is -0.461 e. The Kier molecular flexibility index (Phi) is 6.15. The van der Waals surface area contributed by atoms with Gasteiger partial charge in [-0.15, -0.1) is 11.3 Å². The summed E-state index contributed by atoms with van der Waals surface area (Å²) in [6, 6.07) is -0.650. The van der Waals surface area contributed by atoms with Crippen LogP contribution in [0, 0.1) is 0 Å². The number of likely N-dealkylation sites (tertiary alicyclic amines) is 1. The standard InChI is InChI=1S/C24H33N3O3S/c1-16(24(29)30-17-9-3-2-4-10-17)27-20(15-26-13-7-8-14-26)25-22-21(23(27)28)18-11-5-6-12-19(18)31-22/h16-17H,2-15H2,1H3. The fourth-order valence-corrected chi connectivity index (χ4v) is 6.73. The molecule has 5 rings (SSSR count). The average Bonchev–Trinajstić information content (AvgIpc) is 3.41. The minimum atomic E-state index is -0.650. The van der Waals surface area contributed by atoms with Gasteiger partial charge in [0, 0.05) is 4.88 Å². The Morgan fingerprint density at radius 3 is 2.61 bits per heavy atom. The Bertz CT molecular complexity index is 1020. The molecule has 2 aromatic rings. The van der Waals surface area contributed by atoms with Crippen molar-refractivity contribution in [2.75, 3.05) is 13.1 Å².